The van der Waals surface area contributed by atoms with E-state index in [1.807, 2.05) is 6.21 Å². The average molecular weight is 367 g/mol. The maximum atomic E-state index is 6.56. The van der Waals surface area contributed by atoms with Crippen molar-refractivity contribution in [3.63, 3.8) is 0 Å². The van der Waals surface area contributed by atoms with Gasteiger partial charge in [0.05, 0.1) is 16.2 Å². The van der Waals surface area contributed by atoms with Crippen LogP contribution in [-0.4, -0.2) is 18.8 Å². The summed E-state index contributed by atoms with van der Waals surface area (Å²) in [5.74, 6) is 0.527. The highest BCUT2D eigenvalue weighted by Gasteiger charge is 2.29. The molecule has 0 aromatic heterocycles. The Hall–Kier alpha value is -2.06. The normalized spacial score (nSPS) is 16.2. The fraction of sp³-hybridized carbons (Fsp3) is 0.348. The van der Waals surface area contributed by atoms with E-state index >= 15 is 0 Å². The molecule has 0 unspecified atom stereocenters. The Morgan fingerprint density at radius 1 is 1.12 bits per heavy atom. The molecule has 0 N–H and O–H groups in total. The van der Waals surface area contributed by atoms with E-state index in [1.165, 1.54) is 22.4 Å². The van der Waals surface area contributed by atoms with E-state index < -0.39 is 0 Å². The van der Waals surface area contributed by atoms with E-state index in [4.69, 9.17) is 11.6 Å². The second-order valence-electron chi connectivity index (χ2n) is 7.94. The van der Waals surface area contributed by atoms with E-state index in [0.717, 1.165) is 16.3 Å². The molecule has 0 aliphatic carbocycles. The monoisotopic (exact) mass is 366 g/mol. The van der Waals surface area contributed by atoms with E-state index in [2.05, 4.69) is 94.0 Å². The second-order valence-corrected chi connectivity index (χ2v) is 8.34. The summed E-state index contributed by atoms with van der Waals surface area (Å²) < 4.78 is 0. The van der Waals surface area contributed by atoms with E-state index in [-0.39, 0.29) is 5.54 Å². The third-order valence-electron chi connectivity index (χ3n) is 5.25. The molecular formula is C23H27ClN2. The van der Waals surface area contributed by atoms with Gasteiger partial charge in [0.1, 0.15) is 0 Å². The first-order valence-electron chi connectivity index (χ1n) is 9.10. The van der Waals surface area contributed by atoms with Crippen LogP contribution in [0.25, 0.3) is 5.57 Å². The van der Waals surface area contributed by atoms with Crippen molar-refractivity contribution in [2.45, 2.75) is 46.1 Å². The lowest BCUT2D eigenvalue weighted by molar-refractivity contribution is 0.598. The predicted octanol–water partition coefficient (Wildman–Crippen LogP) is 6.85. The zero-order valence-electron chi connectivity index (χ0n) is 16.5. The molecule has 1 aliphatic rings. The van der Waals surface area contributed by atoms with E-state index in [0.29, 0.717) is 5.92 Å². The highest BCUT2D eigenvalue weighted by Crippen LogP contribution is 2.40. The van der Waals surface area contributed by atoms with Crippen LogP contribution in [0, 0.1) is 0 Å². The number of benzene rings is 2. The van der Waals surface area contributed by atoms with Gasteiger partial charge >= 0.3 is 0 Å². The third kappa shape index (κ3) is 3.57. The van der Waals surface area contributed by atoms with Crippen LogP contribution in [0.3, 0.4) is 0 Å². The van der Waals surface area contributed by atoms with Crippen LogP contribution in [0.15, 0.2) is 47.5 Å². The summed E-state index contributed by atoms with van der Waals surface area (Å²) in [4.78, 5) is 6.89. The number of nitrogens with zero attached hydrogens (tertiary/aromatic N) is 2. The molecule has 1 heterocycles. The molecule has 3 heteroatoms. The van der Waals surface area contributed by atoms with Gasteiger partial charge in [-0.05, 0) is 62.1 Å². The highest BCUT2D eigenvalue weighted by atomic mass is 35.5. The third-order valence-corrected chi connectivity index (χ3v) is 5.58. The van der Waals surface area contributed by atoms with Gasteiger partial charge in [0.25, 0.3) is 0 Å². The van der Waals surface area contributed by atoms with Crippen LogP contribution in [0.5, 0.6) is 0 Å². The summed E-state index contributed by atoms with van der Waals surface area (Å²) in [6, 6.07) is 12.6. The molecule has 136 valence electrons. The molecule has 2 nitrogen and oxygen atoms in total. The fourth-order valence-electron chi connectivity index (χ4n) is 3.38. The first-order valence-corrected chi connectivity index (χ1v) is 9.48. The van der Waals surface area contributed by atoms with Gasteiger partial charge in [-0.15, -0.1) is 0 Å². The molecule has 2 aromatic carbocycles. The van der Waals surface area contributed by atoms with Crippen LogP contribution in [-0.2, 0) is 0 Å². The number of hydrogen-bond acceptors (Lipinski definition) is 2. The Kier molecular flexibility index (Phi) is 4.98. The van der Waals surface area contributed by atoms with Gasteiger partial charge in [0, 0.05) is 30.1 Å². The van der Waals surface area contributed by atoms with Gasteiger partial charge in [-0.3, -0.25) is 4.99 Å². The Morgan fingerprint density at radius 3 is 2.38 bits per heavy atom. The lowest BCUT2D eigenvalue weighted by Crippen LogP contribution is -2.42. The van der Waals surface area contributed by atoms with Crippen LogP contribution >= 0.6 is 11.6 Å². The molecule has 0 radical (unpaired) electrons. The van der Waals surface area contributed by atoms with Crippen molar-refractivity contribution in [3.8, 4) is 0 Å². The standard InChI is InChI=1S/C23H27ClN2/c1-15(2)17-7-9-19(10-8-17)25-14-18-11-20-16(3)13-23(4,5)26(6)22(20)12-21(18)24/h7-15H,1-6H3. The topological polar surface area (TPSA) is 15.6 Å². The molecular weight excluding hydrogens is 340 g/mol. The van der Waals surface area contributed by atoms with Crippen molar-refractivity contribution < 1.29 is 0 Å². The summed E-state index contributed by atoms with van der Waals surface area (Å²) >= 11 is 6.56. The van der Waals surface area contributed by atoms with Crippen LogP contribution in [0.2, 0.25) is 5.02 Å². The summed E-state index contributed by atoms with van der Waals surface area (Å²) in [5.41, 5.74) is 6.84. The smallest absolute Gasteiger partial charge is 0.0630 e. The lowest BCUT2D eigenvalue weighted by atomic mass is 9.88. The minimum Gasteiger partial charge on any atom is -0.365 e. The molecule has 0 amide bonds. The Labute approximate surface area is 162 Å². The number of aliphatic imine (C=N–C) groups is 1. The van der Waals surface area contributed by atoms with Crippen molar-refractivity contribution in [1.29, 1.82) is 0 Å². The largest absolute Gasteiger partial charge is 0.365 e. The SMILES string of the molecule is CC1=CC(C)(C)N(C)c2cc(Cl)c(C=Nc3ccc(C(C)C)cc3)cc21. The van der Waals surface area contributed by atoms with Gasteiger partial charge in [-0.2, -0.15) is 0 Å². The van der Waals surface area contributed by atoms with Gasteiger partial charge in [-0.25, -0.2) is 0 Å². The molecule has 2 aromatic rings. The quantitative estimate of drug-likeness (QED) is 0.542. The van der Waals surface area contributed by atoms with Gasteiger partial charge in [0.2, 0.25) is 0 Å². The van der Waals surface area contributed by atoms with E-state index in [9.17, 15) is 0 Å². The number of hydrogen-bond donors (Lipinski definition) is 0. The van der Waals surface area contributed by atoms with Crippen LogP contribution in [0.4, 0.5) is 11.4 Å². The lowest BCUT2D eigenvalue weighted by Gasteiger charge is -2.40. The maximum absolute atomic E-state index is 6.56. The zero-order chi connectivity index (χ0) is 19.1. The summed E-state index contributed by atoms with van der Waals surface area (Å²) in [7, 11) is 2.11. The minimum absolute atomic E-state index is 0.0197. The number of allylic oxidation sites excluding steroid dienone is 1. The zero-order valence-corrected chi connectivity index (χ0v) is 17.2. The Morgan fingerprint density at radius 2 is 1.77 bits per heavy atom. The van der Waals surface area contributed by atoms with Crippen LogP contribution in [0.1, 0.15) is 57.2 Å². The Bertz CT molecular complexity index is 874. The molecule has 0 atom stereocenters. The number of halogens is 1. The Balaban J connectivity index is 1.94. The van der Waals surface area contributed by atoms with Crippen LogP contribution < -0.4 is 4.90 Å². The van der Waals surface area contributed by atoms with Crippen molar-refractivity contribution >= 4 is 34.8 Å². The predicted molar refractivity (Wildman–Crippen MR) is 115 cm³/mol. The van der Waals surface area contributed by atoms with Gasteiger partial charge in [0.15, 0.2) is 0 Å². The van der Waals surface area contributed by atoms with Gasteiger partial charge < -0.3 is 4.90 Å². The molecule has 0 fully saturated rings. The molecule has 0 bridgehead atoms. The van der Waals surface area contributed by atoms with Crippen molar-refractivity contribution in [1.82, 2.24) is 0 Å². The average Bonchev–Trinajstić information content (AvgIpc) is 2.58. The number of fused-ring (bicyclic) bond motifs is 1. The summed E-state index contributed by atoms with van der Waals surface area (Å²) in [6.45, 7) is 11.0. The summed E-state index contributed by atoms with van der Waals surface area (Å²) in [6.07, 6.45) is 4.16. The molecule has 1 aliphatic heterocycles. The molecule has 0 saturated heterocycles. The second kappa shape index (κ2) is 6.92. The van der Waals surface area contributed by atoms with Crippen molar-refractivity contribution in [3.05, 3.63) is 64.2 Å². The first kappa shape index (κ1) is 18.7. The van der Waals surface area contributed by atoms with Crippen molar-refractivity contribution in [2.75, 3.05) is 11.9 Å². The maximum Gasteiger partial charge on any atom is 0.0630 e. The minimum atomic E-state index is -0.0197. The summed E-state index contributed by atoms with van der Waals surface area (Å²) in [5, 5.41) is 0.726. The number of likely N-dealkylation sites (N-methyl/N-ethyl adjacent to an activating group) is 1. The molecule has 0 spiro atoms. The number of anilines is 1. The highest BCUT2D eigenvalue weighted by molar-refractivity contribution is 6.33. The van der Waals surface area contributed by atoms with E-state index in [1.54, 1.807) is 0 Å². The molecule has 26 heavy (non-hydrogen) atoms. The first-order chi connectivity index (χ1) is 12.2. The number of rotatable bonds is 3. The van der Waals surface area contributed by atoms with Gasteiger partial charge in [-0.1, -0.05) is 43.7 Å². The van der Waals surface area contributed by atoms with Crippen molar-refractivity contribution in [2.24, 2.45) is 4.99 Å². The fourth-order valence-corrected chi connectivity index (χ4v) is 3.58. The molecule has 3 rings (SSSR count). The molecule has 0 saturated carbocycles.